The van der Waals surface area contributed by atoms with E-state index in [0.29, 0.717) is 18.6 Å². The molecule has 0 amide bonds. The second-order valence-electron chi connectivity index (χ2n) is 4.27. The first-order valence-electron chi connectivity index (χ1n) is 5.34. The van der Waals surface area contributed by atoms with Crippen molar-refractivity contribution < 1.29 is 14.2 Å². The van der Waals surface area contributed by atoms with Gasteiger partial charge in [-0.15, -0.1) is 0 Å². The zero-order valence-corrected chi connectivity index (χ0v) is 9.63. The van der Waals surface area contributed by atoms with E-state index in [4.69, 9.17) is 16.3 Å². The molecule has 1 unspecified atom stereocenters. The second-order valence-corrected chi connectivity index (χ2v) is 4.68. The van der Waals surface area contributed by atoms with Crippen LogP contribution in [0.15, 0.2) is 18.2 Å². The van der Waals surface area contributed by atoms with Crippen LogP contribution in [0.25, 0.3) is 0 Å². The average molecular weight is 245 g/mol. The molecule has 1 heterocycles. The Morgan fingerprint density at radius 1 is 1.50 bits per heavy atom. The number of benzene rings is 1. The van der Waals surface area contributed by atoms with Crippen LogP contribution in [0.3, 0.4) is 0 Å². The van der Waals surface area contributed by atoms with Crippen molar-refractivity contribution in [2.45, 2.75) is 24.9 Å². The predicted octanol–water partition coefficient (Wildman–Crippen LogP) is 2.56. The van der Waals surface area contributed by atoms with Crippen molar-refractivity contribution in [3.8, 4) is 0 Å². The van der Waals surface area contributed by atoms with Crippen molar-refractivity contribution in [2.24, 2.45) is 0 Å². The average Bonchev–Trinajstić information content (AvgIpc) is 2.26. The zero-order chi connectivity index (χ0) is 11.6. The Kier molecular flexibility index (Phi) is 3.47. The maximum Gasteiger partial charge on any atom is 0.145 e. The molecule has 0 radical (unpaired) electrons. The van der Waals surface area contributed by atoms with Gasteiger partial charge in [0.05, 0.1) is 17.2 Å². The van der Waals surface area contributed by atoms with Gasteiger partial charge >= 0.3 is 0 Å². The van der Waals surface area contributed by atoms with E-state index in [-0.39, 0.29) is 18.1 Å². The Labute approximate surface area is 99.0 Å². The predicted molar refractivity (Wildman–Crippen MR) is 60.1 cm³/mol. The van der Waals surface area contributed by atoms with Gasteiger partial charge in [0.2, 0.25) is 0 Å². The van der Waals surface area contributed by atoms with Crippen LogP contribution in [-0.2, 0) is 11.2 Å². The number of hydrogen-bond acceptors (Lipinski definition) is 2. The summed E-state index contributed by atoms with van der Waals surface area (Å²) in [6.45, 7) is 0.930. The van der Waals surface area contributed by atoms with Crippen molar-refractivity contribution in [1.29, 1.82) is 0 Å². The van der Waals surface area contributed by atoms with Crippen LogP contribution < -0.4 is 0 Å². The van der Waals surface area contributed by atoms with Crippen molar-refractivity contribution >= 4 is 11.6 Å². The Bertz CT molecular complexity index is 375. The third-order valence-corrected chi connectivity index (χ3v) is 3.14. The van der Waals surface area contributed by atoms with Gasteiger partial charge in [-0.1, -0.05) is 23.7 Å². The molecular weight excluding hydrogens is 231 g/mol. The Balaban J connectivity index is 2.16. The normalized spacial score (nSPS) is 25.7. The minimum atomic E-state index is -0.955. The molecule has 0 aromatic heterocycles. The van der Waals surface area contributed by atoms with Crippen LogP contribution >= 0.6 is 11.6 Å². The first-order chi connectivity index (χ1) is 7.61. The molecule has 0 spiro atoms. The van der Waals surface area contributed by atoms with Crippen molar-refractivity contribution in [3.05, 3.63) is 34.6 Å². The molecule has 1 aromatic rings. The van der Waals surface area contributed by atoms with Crippen molar-refractivity contribution in [3.63, 3.8) is 0 Å². The summed E-state index contributed by atoms with van der Waals surface area (Å²) >= 11 is 5.69. The van der Waals surface area contributed by atoms with Gasteiger partial charge in [-0.3, -0.25) is 0 Å². The molecular formula is C12H14ClFO2. The molecule has 1 aliphatic rings. The third-order valence-electron chi connectivity index (χ3n) is 2.85. The Morgan fingerprint density at radius 2 is 2.31 bits per heavy atom. The number of halogens is 2. The van der Waals surface area contributed by atoms with Crippen molar-refractivity contribution in [2.75, 3.05) is 13.2 Å². The van der Waals surface area contributed by atoms with Gasteiger partial charge in [0.25, 0.3) is 0 Å². The maximum absolute atomic E-state index is 13.6. The van der Waals surface area contributed by atoms with E-state index >= 15 is 0 Å². The molecule has 2 nitrogen and oxygen atoms in total. The fourth-order valence-corrected chi connectivity index (χ4v) is 2.21. The van der Waals surface area contributed by atoms with E-state index in [0.717, 1.165) is 6.42 Å². The van der Waals surface area contributed by atoms with Gasteiger partial charge in [0, 0.05) is 13.0 Å². The molecule has 1 aliphatic heterocycles. The zero-order valence-electron chi connectivity index (χ0n) is 8.88. The molecule has 1 atom stereocenters. The number of aliphatic hydroxyl groups is 1. The quantitative estimate of drug-likeness (QED) is 0.867. The van der Waals surface area contributed by atoms with E-state index in [1.54, 1.807) is 12.1 Å². The summed E-state index contributed by atoms with van der Waals surface area (Å²) in [4.78, 5) is 0. The summed E-state index contributed by atoms with van der Waals surface area (Å²) in [5, 5.41) is 10.3. The summed E-state index contributed by atoms with van der Waals surface area (Å²) in [6.07, 6.45) is 1.69. The van der Waals surface area contributed by atoms with Crippen LogP contribution in [0.2, 0.25) is 5.02 Å². The summed E-state index contributed by atoms with van der Waals surface area (Å²) in [7, 11) is 0. The lowest BCUT2D eigenvalue weighted by atomic mass is 9.89. The van der Waals surface area contributed by atoms with Gasteiger partial charge < -0.3 is 9.84 Å². The first kappa shape index (κ1) is 11.8. The number of rotatable bonds is 2. The van der Waals surface area contributed by atoms with E-state index in [1.165, 1.54) is 6.07 Å². The monoisotopic (exact) mass is 244 g/mol. The standard InChI is InChI=1S/C12H14ClFO2/c13-10-4-1-3-9(11(10)14)7-12(15)5-2-6-16-8-12/h1,3-4,15H,2,5-8H2. The molecule has 88 valence electrons. The highest BCUT2D eigenvalue weighted by molar-refractivity contribution is 6.30. The maximum atomic E-state index is 13.6. The second kappa shape index (κ2) is 4.70. The van der Waals surface area contributed by atoms with E-state index in [1.807, 2.05) is 0 Å². The fraction of sp³-hybridized carbons (Fsp3) is 0.500. The summed E-state index contributed by atoms with van der Waals surface area (Å²) in [6, 6.07) is 4.84. The van der Waals surface area contributed by atoms with Crippen LogP contribution in [-0.4, -0.2) is 23.9 Å². The summed E-state index contributed by atoms with van der Waals surface area (Å²) in [5.74, 6) is -0.442. The Hall–Kier alpha value is -0.640. The van der Waals surface area contributed by atoms with Crippen molar-refractivity contribution in [1.82, 2.24) is 0 Å². The summed E-state index contributed by atoms with van der Waals surface area (Å²) < 4.78 is 18.9. The van der Waals surface area contributed by atoms with E-state index < -0.39 is 11.4 Å². The molecule has 0 saturated carbocycles. The van der Waals surface area contributed by atoms with Crippen LogP contribution in [0, 0.1) is 5.82 Å². The third kappa shape index (κ3) is 2.54. The highest BCUT2D eigenvalue weighted by atomic mass is 35.5. The summed E-state index contributed by atoms with van der Waals surface area (Å²) in [5.41, 5.74) is -0.510. The molecule has 1 aromatic carbocycles. The van der Waals surface area contributed by atoms with E-state index in [2.05, 4.69) is 0 Å². The lowest BCUT2D eigenvalue weighted by Gasteiger charge is -2.32. The first-order valence-corrected chi connectivity index (χ1v) is 5.72. The molecule has 16 heavy (non-hydrogen) atoms. The molecule has 1 N–H and O–H groups in total. The van der Waals surface area contributed by atoms with Gasteiger partial charge in [-0.2, -0.15) is 0 Å². The SMILES string of the molecule is OC1(Cc2cccc(Cl)c2F)CCCOC1. The smallest absolute Gasteiger partial charge is 0.145 e. The van der Waals surface area contributed by atoms with Crippen LogP contribution in [0.1, 0.15) is 18.4 Å². The lowest BCUT2D eigenvalue weighted by Crippen LogP contribution is -2.40. The minimum Gasteiger partial charge on any atom is -0.387 e. The highest BCUT2D eigenvalue weighted by Gasteiger charge is 2.31. The molecule has 2 rings (SSSR count). The van der Waals surface area contributed by atoms with Gasteiger partial charge in [-0.05, 0) is 24.5 Å². The largest absolute Gasteiger partial charge is 0.387 e. The number of hydrogen-bond donors (Lipinski definition) is 1. The number of ether oxygens (including phenoxy) is 1. The van der Waals surface area contributed by atoms with Crippen LogP contribution in [0.4, 0.5) is 4.39 Å². The van der Waals surface area contributed by atoms with Gasteiger partial charge in [0.1, 0.15) is 5.82 Å². The molecule has 4 heteroatoms. The topological polar surface area (TPSA) is 29.5 Å². The minimum absolute atomic E-state index is 0.0952. The van der Waals surface area contributed by atoms with Crippen LogP contribution in [0.5, 0.6) is 0 Å². The molecule has 1 fully saturated rings. The fourth-order valence-electron chi connectivity index (χ4n) is 2.02. The molecule has 0 bridgehead atoms. The molecule has 0 aliphatic carbocycles. The van der Waals surface area contributed by atoms with E-state index in [9.17, 15) is 9.50 Å². The van der Waals surface area contributed by atoms with Gasteiger partial charge in [-0.25, -0.2) is 4.39 Å². The molecule has 1 saturated heterocycles. The Morgan fingerprint density at radius 3 is 3.00 bits per heavy atom. The lowest BCUT2D eigenvalue weighted by molar-refractivity contribution is -0.0848. The van der Waals surface area contributed by atoms with Gasteiger partial charge in [0.15, 0.2) is 0 Å². The highest BCUT2D eigenvalue weighted by Crippen LogP contribution is 2.27.